The summed E-state index contributed by atoms with van der Waals surface area (Å²) in [4.78, 5) is 14.6. The van der Waals surface area contributed by atoms with E-state index in [0.29, 0.717) is 17.3 Å². The Morgan fingerprint density at radius 1 is 0.564 bits per heavy atom. The monoisotopic (exact) mass is 500 g/mol. The highest BCUT2D eigenvalue weighted by Gasteiger charge is 2.17. The number of rotatable bonds is 5. The molecule has 0 saturated carbocycles. The Hall–Kier alpha value is -5.42. The second kappa shape index (κ2) is 9.80. The highest BCUT2D eigenvalue weighted by atomic mass is 15.2. The zero-order chi connectivity index (χ0) is 26.0. The quantitative estimate of drug-likeness (QED) is 0.261. The Kier molecular flexibility index (Phi) is 5.72. The second-order valence-corrected chi connectivity index (χ2v) is 9.22. The Morgan fingerprint density at radius 3 is 1.97 bits per heavy atom. The summed E-state index contributed by atoms with van der Waals surface area (Å²) in [6, 6.07) is 44.0. The lowest BCUT2D eigenvalue weighted by Crippen LogP contribution is -1.95. The third kappa shape index (κ3) is 4.36. The van der Waals surface area contributed by atoms with Gasteiger partial charge in [-0.25, -0.2) is 9.97 Å². The SMILES string of the molecule is [c]1ccc(-c2nc3ccnc(-c4nc(-c5ccc(-c6ccccc6)cc5)n[nH]4)c3cc2-c2ccccc2)cc1. The average Bonchev–Trinajstić information content (AvgIpc) is 3.52. The fraction of sp³-hybridized carbons (Fsp3) is 0. The number of hydrogen-bond donors (Lipinski definition) is 1. The second-order valence-electron chi connectivity index (χ2n) is 9.22. The van der Waals surface area contributed by atoms with Crippen molar-refractivity contribution in [3.05, 3.63) is 134 Å². The molecule has 1 N–H and O–H groups in total. The number of nitrogens with zero attached hydrogens (tertiary/aromatic N) is 4. The Balaban J connectivity index is 1.32. The van der Waals surface area contributed by atoms with Crippen molar-refractivity contribution in [3.63, 3.8) is 0 Å². The number of hydrogen-bond acceptors (Lipinski definition) is 4. The molecular weight excluding hydrogens is 478 g/mol. The first-order valence-corrected chi connectivity index (χ1v) is 12.7. The lowest BCUT2D eigenvalue weighted by Gasteiger charge is -2.12. The Bertz CT molecular complexity index is 1880. The van der Waals surface area contributed by atoms with Crippen LogP contribution in [-0.2, 0) is 0 Å². The predicted molar refractivity (Wildman–Crippen MR) is 155 cm³/mol. The summed E-state index contributed by atoms with van der Waals surface area (Å²) in [6.07, 6.45) is 1.77. The van der Waals surface area contributed by atoms with E-state index in [-0.39, 0.29) is 0 Å². The number of fused-ring (bicyclic) bond motifs is 1. The molecule has 0 unspecified atom stereocenters. The van der Waals surface area contributed by atoms with Crippen LogP contribution in [0, 0.1) is 6.07 Å². The molecule has 7 rings (SSSR count). The van der Waals surface area contributed by atoms with Crippen molar-refractivity contribution in [2.45, 2.75) is 0 Å². The molecule has 7 aromatic rings. The molecule has 3 heterocycles. The van der Waals surface area contributed by atoms with E-state index in [9.17, 15) is 0 Å². The normalized spacial score (nSPS) is 11.1. The smallest absolute Gasteiger partial charge is 0.181 e. The van der Waals surface area contributed by atoms with Crippen molar-refractivity contribution in [2.75, 3.05) is 0 Å². The first-order valence-electron chi connectivity index (χ1n) is 12.7. The van der Waals surface area contributed by atoms with Crippen LogP contribution in [0.4, 0.5) is 0 Å². The molecule has 0 atom stereocenters. The summed E-state index contributed by atoms with van der Waals surface area (Å²) >= 11 is 0. The van der Waals surface area contributed by atoms with Gasteiger partial charge in [-0.3, -0.25) is 10.1 Å². The molecule has 0 fully saturated rings. The number of pyridine rings is 2. The van der Waals surface area contributed by atoms with Gasteiger partial charge in [-0.2, -0.15) is 5.10 Å². The van der Waals surface area contributed by atoms with Crippen molar-refractivity contribution >= 4 is 10.9 Å². The lowest BCUT2D eigenvalue weighted by atomic mass is 9.97. The van der Waals surface area contributed by atoms with Gasteiger partial charge in [-0.05, 0) is 34.9 Å². The van der Waals surface area contributed by atoms with Crippen LogP contribution in [0.15, 0.2) is 128 Å². The molecule has 0 spiro atoms. The first-order chi connectivity index (χ1) is 19.3. The van der Waals surface area contributed by atoms with Crippen molar-refractivity contribution in [1.82, 2.24) is 25.1 Å². The zero-order valence-corrected chi connectivity index (χ0v) is 20.9. The first kappa shape index (κ1) is 22.8. The van der Waals surface area contributed by atoms with Gasteiger partial charge < -0.3 is 0 Å². The molecule has 3 aromatic heterocycles. The molecule has 0 aliphatic heterocycles. The molecule has 5 nitrogen and oxygen atoms in total. The maximum atomic E-state index is 5.10. The molecule has 4 aromatic carbocycles. The van der Waals surface area contributed by atoms with Gasteiger partial charge in [0, 0.05) is 28.3 Å². The maximum Gasteiger partial charge on any atom is 0.181 e. The summed E-state index contributed by atoms with van der Waals surface area (Å²) in [5.74, 6) is 1.22. The largest absolute Gasteiger partial charge is 0.257 e. The third-order valence-electron chi connectivity index (χ3n) is 6.78. The molecular formula is C34H22N5. The fourth-order valence-electron chi connectivity index (χ4n) is 4.83. The summed E-state index contributed by atoms with van der Waals surface area (Å²) in [5.41, 5.74) is 8.87. The van der Waals surface area contributed by atoms with Crippen LogP contribution in [0.2, 0.25) is 0 Å². The van der Waals surface area contributed by atoms with Crippen LogP contribution >= 0.6 is 0 Å². The maximum absolute atomic E-state index is 5.10. The molecule has 183 valence electrons. The lowest BCUT2D eigenvalue weighted by molar-refractivity contribution is 1.09. The van der Waals surface area contributed by atoms with Crippen molar-refractivity contribution in [2.24, 2.45) is 0 Å². The summed E-state index contributed by atoms with van der Waals surface area (Å²) in [6.45, 7) is 0. The van der Waals surface area contributed by atoms with Gasteiger partial charge in [0.15, 0.2) is 11.6 Å². The minimum atomic E-state index is 0.602. The summed E-state index contributed by atoms with van der Waals surface area (Å²) in [7, 11) is 0. The van der Waals surface area contributed by atoms with Crippen molar-refractivity contribution in [3.8, 4) is 56.4 Å². The van der Waals surface area contributed by atoms with Crippen LogP contribution in [0.5, 0.6) is 0 Å². The molecule has 39 heavy (non-hydrogen) atoms. The summed E-state index contributed by atoms with van der Waals surface area (Å²) < 4.78 is 0. The molecule has 0 aliphatic carbocycles. The van der Waals surface area contributed by atoms with Crippen molar-refractivity contribution in [1.29, 1.82) is 0 Å². The number of H-pyrrole nitrogens is 1. The molecule has 0 saturated heterocycles. The van der Waals surface area contributed by atoms with E-state index in [0.717, 1.165) is 44.4 Å². The molecule has 0 bridgehead atoms. The van der Waals surface area contributed by atoms with Gasteiger partial charge in [0.05, 0.1) is 11.2 Å². The van der Waals surface area contributed by atoms with Crippen LogP contribution in [-0.4, -0.2) is 25.1 Å². The van der Waals surface area contributed by atoms with Gasteiger partial charge >= 0.3 is 0 Å². The van der Waals surface area contributed by atoms with E-state index >= 15 is 0 Å². The van der Waals surface area contributed by atoms with Crippen molar-refractivity contribution < 1.29 is 0 Å². The van der Waals surface area contributed by atoms with E-state index in [2.05, 4.69) is 58.7 Å². The van der Waals surface area contributed by atoms with E-state index in [1.807, 2.05) is 78.9 Å². The van der Waals surface area contributed by atoms with Crippen LogP contribution < -0.4 is 0 Å². The standard InChI is InChI=1S/C34H22N5/c1-4-10-23(11-5-1)24-16-18-27(19-17-24)33-37-34(39-38-33)32-29-22-28(25-12-6-2-7-13-25)31(26-14-8-3-9-15-26)36-30(29)20-21-35-32/h1-2,4-22H,(H,37,38,39). The molecule has 1 radical (unpaired) electrons. The highest BCUT2D eigenvalue weighted by molar-refractivity contribution is 5.97. The minimum absolute atomic E-state index is 0.602. The van der Waals surface area contributed by atoms with Gasteiger partial charge in [-0.15, -0.1) is 0 Å². The summed E-state index contributed by atoms with van der Waals surface area (Å²) in [5, 5.41) is 8.53. The molecule has 5 heteroatoms. The highest BCUT2D eigenvalue weighted by Crippen LogP contribution is 2.35. The van der Waals surface area contributed by atoms with Gasteiger partial charge in [0.1, 0.15) is 5.69 Å². The Labute approximate surface area is 225 Å². The van der Waals surface area contributed by atoms with E-state index in [4.69, 9.17) is 15.0 Å². The van der Waals surface area contributed by atoms with Gasteiger partial charge in [-0.1, -0.05) is 109 Å². The van der Waals surface area contributed by atoms with E-state index < -0.39 is 0 Å². The molecule has 0 aliphatic rings. The van der Waals surface area contributed by atoms with Gasteiger partial charge in [0.25, 0.3) is 0 Å². The minimum Gasteiger partial charge on any atom is -0.257 e. The van der Waals surface area contributed by atoms with Crippen LogP contribution in [0.3, 0.4) is 0 Å². The number of nitrogens with one attached hydrogen (secondary N) is 1. The fourth-order valence-corrected chi connectivity index (χ4v) is 4.83. The van der Waals surface area contributed by atoms with Crippen LogP contribution in [0.25, 0.3) is 67.3 Å². The zero-order valence-electron chi connectivity index (χ0n) is 20.9. The molecule has 0 amide bonds. The van der Waals surface area contributed by atoms with E-state index in [1.54, 1.807) is 6.20 Å². The average molecular weight is 501 g/mol. The number of aromatic nitrogens is 5. The van der Waals surface area contributed by atoms with E-state index in [1.165, 1.54) is 5.56 Å². The van der Waals surface area contributed by atoms with Crippen LogP contribution in [0.1, 0.15) is 0 Å². The topological polar surface area (TPSA) is 67.3 Å². The Morgan fingerprint density at radius 2 is 1.23 bits per heavy atom. The van der Waals surface area contributed by atoms with Gasteiger partial charge in [0.2, 0.25) is 0 Å². The third-order valence-corrected chi connectivity index (χ3v) is 6.78. The number of benzene rings is 4. The number of aromatic amines is 1. The predicted octanol–water partition coefficient (Wildman–Crippen LogP) is 7.88.